The van der Waals surface area contributed by atoms with Crippen LogP contribution < -0.4 is 10.6 Å². The van der Waals surface area contributed by atoms with Gasteiger partial charge in [0.05, 0.1) is 0 Å². The van der Waals surface area contributed by atoms with Gasteiger partial charge in [0, 0.05) is 24.2 Å². The second kappa shape index (κ2) is 5.13. The van der Waals surface area contributed by atoms with Crippen molar-refractivity contribution >= 4 is 11.6 Å². The fraction of sp³-hybridized carbons (Fsp3) is 0.611. The minimum atomic E-state index is 0.322. The van der Waals surface area contributed by atoms with Crippen molar-refractivity contribution in [2.24, 2.45) is 23.5 Å². The topological polar surface area (TPSA) is 46.3 Å². The number of anilines is 1. The molecule has 2 N–H and O–H groups in total. The molecule has 0 aliphatic heterocycles. The van der Waals surface area contributed by atoms with E-state index in [9.17, 15) is 4.79 Å². The smallest absolute Gasteiger partial charge is 0.230 e. The molecule has 0 heterocycles. The maximum atomic E-state index is 13.0. The minimum Gasteiger partial charge on any atom is -0.326 e. The fourth-order valence-electron chi connectivity index (χ4n) is 4.16. The molecule has 3 heteroatoms. The summed E-state index contributed by atoms with van der Waals surface area (Å²) in [6.07, 6.45) is 7.50. The highest BCUT2D eigenvalue weighted by Crippen LogP contribution is 2.56. The first-order valence-corrected chi connectivity index (χ1v) is 8.41. The van der Waals surface area contributed by atoms with Crippen LogP contribution in [0.4, 0.5) is 5.69 Å². The van der Waals surface area contributed by atoms with Gasteiger partial charge in [-0.15, -0.1) is 0 Å². The lowest BCUT2D eigenvalue weighted by atomic mass is 10.0. The molecule has 3 fully saturated rings. The van der Waals surface area contributed by atoms with Gasteiger partial charge in [0.1, 0.15) is 0 Å². The van der Waals surface area contributed by atoms with Crippen LogP contribution in [0.25, 0.3) is 0 Å². The van der Waals surface area contributed by atoms with E-state index in [4.69, 9.17) is 5.73 Å². The summed E-state index contributed by atoms with van der Waals surface area (Å²) in [5.74, 6) is 2.10. The van der Waals surface area contributed by atoms with Crippen LogP contribution >= 0.6 is 0 Å². The van der Waals surface area contributed by atoms with Crippen LogP contribution in [0.2, 0.25) is 0 Å². The Bertz CT molecular complexity index is 523. The first-order chi connectivity index (χ1) is 10.3. The Morgan fingerprint density at radius 3 is 2.19 bits per heavy atom. The number of amides is 1. The molecule has 3 saturated carbocycles. The van der Waals surface area contributed by atoms with Crippen molar-refractivity contribution < 1.29 is 4.79 Å². The van der Waals surface area contributed by atoms with Crippen LogP contribution in [0.3, 0.4) is 0 Å². The number of carbonyl (C=O) groups excluding carboxylic acids is 1. The molecule has 3 aliphatic rings. The molecule has 0 aromatic heterocycles. The van der Waals surface area contributed by atoms with Crippen LogP contribution in [-0.4, -0.2) is 11.9 Å². The van der Waals surface area contributed by atoms with E-state index in [2.05, 4.69) is 29.2 Å². The van der Waals surface area contributed by atoms with E-state index in [0.29, 0.717) is 36.2 Å². The van der Waals surface area contributed by atoms with Crippen LogP contribution in [0.15, 0.2) is 24.3 Å². The molecular formula is C18H24N2O. The molecule has 2 unspecified atom stereocenters. The van der Waals surface area contributed by atoms with Crippen LogP contribution in [0.1, 0.15) is 44.1 Å². The Kier molecular flexibility index (Phi) is 3.26. The zero-order valence-corrected chi connectivity index (χ0v) is 12.5. The Morgan fingerprint density at radius 1 is 1.05 bits per heavy atom. The fourth-order valence-corrected chi connectivity index (χ4v) is 4.16. The highest BCUT2D eigenvalue weighted by atomic mass is 16.2. The molecule has 112 valence electrons. The highest BCUT2D eigenvalue weighted by molar-refractivity contribution is 5.98. The van der Waals surface area contributed by atoms with E-state index in [1.165, 1.54) is 25.7 Å². The van der Waals surface area contributed by atoms with Gasteiger partial charge in [0.2, 0.25) is 5.91 Å². The summed E-state index contributed by atoms with van der Waals surface area (Å²) in [7, 11) is 0. The van der Waals surface area contributed by atoms with Crippen LogP contribution in [0.5, 0.6) is 0 Å². The van der Waals surface area contributed by atoms with E-state index in [1.54, 1.807) is 0 Å². The van der Waals surface area contributed by atoms with E-state index in [-0.39, 0.29) is 0 Å². The summed E-state index contributed by atoms with van der Waals surface area (Å²) in [5.41, 5.74) is 7.86. The molecule has 0 spiro atoms. The van der Waals surface area contributed by atoms with Gasteiger partial charge >= 0.3 is 0 Å². The number of nitrogens with zero attached hydrogens (tertiary/aromatic N) is 1. The molecule has 1 amide bonds. The number of fused-ring (bicyclic) bond motifs is 1. The van der Waals surface area contributed by atoms with Crippen molar-refractivity contribution in [1.82, 2.24) is 0 Å². The molecule has 0 bridgehead atoms. The summed E-state index contributed by atoms with van der Waals surface area (Å²) < 4.78 is 0. The monoisotopic (exact) mass is 284 g/mol. The maximum Gasteiger partial charge on any atom is 0.230 e. The van der Waals surface area contributed by atoms with E-state index < -0.39 is 0 Å². The van der Waals surface area contributed by atoms with Gasteiger partial charge in [-0.3, -0.25) is 4.79 Å². The van der Waals surface area contributed by atoms with Gasteiger partial charge in [0.25, 0.3) is 0 Å². The normalized spacial score (nSPS) is 30.6. The quantitative estimate of drug-likeness (QED) is 0.923. The lowest BCUT2D eigenvalue weighted by Gasteiger charge is -2.23. The van der Waals surface area contributed by atoms with E-state index >= 15 is 0 Å². The Balaban J connectivity index is 1.55. The number of nitrogens with two attached hydrogens (primary N) is 1. The van der Waals surface area contributed by atoms with Gasteiger partial charge in [-0.25, -0.2) is 0 Å². The lowest BCUT2D eigenvalue weighted by Crippen LogP contribution is -2.35. The van der Waals surface area contributed by atoms with Crippen LogP contribution in [0, 0.1) is 17.8 Å². The largest absolute Gasteiger partial charge is 0.326 e. The molecule has 2 atom stereocenters. The molecular weight excluding hydrogens is 260 g/mol. The number of hydrogen-bond donors (Lipinski definition) is 1. The molecule has 0 saturated heterocycles. The zero-order chi connectivity index (χ0) is 14.4. The van der Waals surface area contributed by atoms with Crippen molar-refractivity contribution in [3.63, 3.8) is 0 Å². The zero-order valence-electron chi connectivity index (χ0n) is 12.5. The highest BCUT2D eigenvalue weighted by Gasteiger charge is 2.57. The summed E-state index contributed by atoms with van der Waals surface area (Å²) in [6, 6.07) is 8.70. The van der Waals surface area contributed by atoms with Gasteiger partial charge < -0.3 is 10.6 Å². The second-order valence-electron chi connectivity index (χ2n) is 6.95. The third-order valence-electron chi connectivity index (χ3n) is 5.54. The van der Waals surface area contributed by atoms with Crippen molar-refractivity contribution in [1.29, 1.82) is 0 Å². The third-order valence-corrected chi connectivity index (χ3v) is 5.54. The predicted octanol–water partition coefficient (Wildman–Crippen LogP) is 3.08. The minimum absolute atomic E-state index is 0.322. The van der Waals surface area contributed by atoms with Gasteiger partial charge in [-0.2, -0.15) is 0 Å². The Labute approximate surface area is 126 Å². The van der Waals surface area contributed by atoms with E-state index in [0.717, 1.165) is 24.1 Å². The summed E-state index contributed by atoms with van der Waals surface area (Å²) in [4.78, 5) is 15.1. The number of rotatable bonds is 4. The third kappa shape index (κ3) is 2.38. The van der Waals surface area contributed by atoms with Crippen molar-refractivity contribution in [3.8, 4) is 0 Å². The molecule has 4 rings (SSSR count). The summed E-state index contributed by atoms with van der Waals surface area (Å²) in [5, 5.41) is 0. The first kappa shape index (κ1) is 13.3. The van der Waals surface area contributed by atoms with Crippen LogP contribution in [-0.2, 0) is 11.3 Å². The van der Waals surface area contributed by atoms with Crippen molar-refractivity contribution in [3.05, 3.63) is 29.8 Å². The van der Waals surface area contributed by atoms with Gasteiger partial charge in [-0.1, -0.05) is 25.0 Å². The Morgan fingerprint density at radius 2 is 1.67 bits per heavy atom. The average molecular weight is 284 g/mol. The van der Waals surface area contributed by atoms with Gasteiger partial charge in [0.15, 0.2) is 0 Å². The van der Waals surface area contributed by atoms with Crippen molar-refractivity contribution in [2.75, 3.05) is 4.90 Å². The number of benzene rings is 1. The SMILES string of the molecule is NCc1ccc(N(C(=O)C2C3CCCCC32)C2CC2)cc1. The van der Waals surface area contributed by atoms with Crippen molar-refractivity contribution in [2.45, 2.75) is 51.1 Å². The number of hydrogen-bond acceptors (Lipinski definition) is 2. The molecule has 1 aromatic rings. The Hall–Kier alpha value is -1.35. The van der Waals surface area contributed by atoms with Gasteiger partial charge in [-0.05, 0) is 55.2 Å². The van der Waals surface area contributed by atoms with E-state index in [1.807, 2.05) is 0 Å². The summed E-state index contributed by atoms with van der Waals surface area (Å²) in [6.45, 7) is 0.560. The second-order valence-corrected chi connectivity index (χ2v) is 6.95. The lowest BCUT2D eigenvalue weighted by molar-refractivity contribution is -0.120. The molecule has 3 aliphatic carbocycles. The predicted molar refractivity (Wildman–Crippen MR) is 83.8 cm³/mol. The molecule has 3 nitrogen and oxygen atoms in total. The summed E-state index contributed by atoms with van der Waals surface area (Å²) >= 11 is 0. The first-order valence-electron chi connectivity index (χ1n) is 8.41. The number of carbonyl (C=O) groups is 1. The average Bonchev–Trinajstić information content (AvgIpc) is 3.42. The maximum absolute atomic E-state index is 13.0. The molecule has 1 aromatic carbocycles. The molecule has 0 radical (unpaired) electrons. The molecule has 21 heavy (non-hydrogen) atoms. The standard InChI is InChI=1S/C18H24N2O/c19-11-12-5-7-13(8-6-12)20(14-9-10-14)18(21)17-15-3-1-2-4-16(15)17/h5-8,14-17H,1-4,9-11,19H2.